The molecule has 5 heteroatoms. The number of rotatable bonds is 1. The van der Waals surface area contributed by atoms with E-state index in [0.717, 1.165) is 31.4 Å². The van der Waals surface area contributed by atoms with E-state index in [1.54, 1.807) is 6.07 Å². The van der Waals surface area contributed by atoms with Crippen LogP contribution in [0.2, 0.25) is 0 Å². The molecule has 1 fully saturated rings. The highest BCUT2D eigenvalue weighted by atomic mass is 16.5. The summed E-state index contributed by atoms with van der Waals surface area (Å²) in [4.78, 5) is 24.8. The molecule has 2 aliphatic rings. The zero-order valence-corrected chi connectivity index (χ0v) is 14.1. The fraction of sp³-hybridized carbons (Fsp3) is 0.556. The van der Waals surface area contributed by atoms with E-state index in [0.29, 0.717) is 5.69 Å². The van der Waals surface area contributed by atoms with Crippen LogP contribution in [0.5, 0.6) is 0 Å². The van der Waals surface area contributed by atoms with E-state index in [-0.39, 0.29) is 16.7 Å². The summed E-state index contributed by atoms with van der Waals surface area (Å²) in [7, 11) is 1.23. The van der Waals surface area contributed by atoms with E-state index >= 15 is 0 Å². The van der Waals surface area contributed by atoms with Gasteiger partial charge in [0.05, 0.1) is 12.8 Å². The predicted molar refractivity (Wildman–Crippen MR) is 85.6 cm³/mol. The maximum absolute atomic E-state index is 12.8. The van der Waals surface area contributed by atoms with Gasteiger partial charge in [-0.3, -0.25) is 4.79 Å². The summed E-state index contributed by atoms with van der Waals surface area (Å²) in [6.07, 6.45) is 3.34. The predicted octanol–water partition coefficient (Wildman–Crippen LogP) is 3.24. The van der Waals surface area contributed by atoms with Crippen LogP contribution in [-0.4, -0.2) is 28.5 Å². The molecule has 1 saturated carbocycles. The Morgan fingerprint density at radius 1 is 1.26 bits per heavy atom. The molecule has 1 aromatic heterocycles. The van der Waals surface area contributed by atoms with Crippen molar-refractivity contribution in [3.05, 3.63) is 34.9 Å². The van der Waals surface area contributed by atoms with Gasteiger partial charge in [0.2, 0.25) is 5.78 Å². The lowest BCUT2D eigenvalue weighted by Gasteiger charge is -2.40. The molecule has 0 unspecified atom stereocenters. The number of Topliss-reactive ketones (excluding diaryl/α,β-unsaturated/α-hetero) is 1. The minimum Gasteiger partial charge on any atom is -0.509 e. The Balaban J connectivity index is 2.32. The molecular weight excluding hydrogens is 294 g/mol. The summed E-state index contributed by atoms with van der Waals surface area (Å²) in [5.41, 5.74) is 0.393. The van der Waals surface area contributed by atoms with Gasteiger partial charge in [-0.15, -0.1) is 0 Å². The van der Waals surface area contributed by atoms with Crippen LogP contribution in [0, 0.1) is 0 Å². The minimum atomic E-state index is -0.761. The highest BCUT2D eigenvalue weighted by Gasteiger charge is 2.51. The second kappa shape index (κ2) is 4.98. The first-order valence-corrected chi connectivity index (χ1v) is 8.03. The number of hydrogen-bond donors (Lipinski definition) is 1. The van der Waals surface area contributed by atoms with Crippen molar-refractivity contribution in [2.45, 2.75) is 57.4 Å². The van der Waals surface area contributed by atoms with Gasteiger partial charge in [0.15, 0.2) is 0 Å². The van der Waals surface area contributed by atoms with E-state index in [2.05, 4.69) is 20.8 Å². The number of hydrogen-bond acceptors (Lipinski definition) is 4. The molecule has 0 saturated heterocycles. The summed E-state index contributed by atoms with van der Waals surface area (Å²) in [6.45, 7) is 6.25. The van der Waals surface area contributed by atoms with Crippen LogP contribution in [-0.2, 0) is 20.5 Å². The summed E-state index contributed by atoms with van der Waals surface area (Å²) < 4.78 is 6.71. The number of aliphatic hydroxyl groups excluding tert-OH is 1. The molecule has 3 rings (SSSR count). The first kappa shape index (κ1) is 15.8. The Bertz CT molecular complexity index is 712. The fourth-order valence-corrected chi connectivity index (χ4v) is 3.95. The van der Waals surface area contributed by atoms with E-state index in [1.165, 1.54) is 7.11 Å². The first-order valence-electron chi connectivity index (χ1n) is 8.03. The van der Waals surface area contributed by atoms with Crippen LogP contribution >= 0.6 is 0 Å². The molecule has 0 atom stereocenters. The SMILES string of the molecule is COC(=O)C1=C(O)C2(CCCC2)n2c(ccc2C(C)(C)C)C1=O. The Labute approximate surface area is 135 Å². The molecule has 1 aliphatic carbocycles. The van der Waals surface area contributed by atoms with Gasteiger partial charge in [-0.25, -0.2) is 4.79 Å². The molecule has 1 N–H and O–H groups in total. The average molecular weight is 317 g/mol. The highest BCUT2D eigenvalue weighted by molar-refractivity contribution is 6.24. The summed E-state index contributed by atoms with van der Waals surface area (Å²) >= 11 is 0. The molecule has 2 heterocycles. The molecule has 0 amide bonds. The van der Waals surface area contributed by atoms with Crippen LogP contribution in [0.1, 0.15) is 62.6 Å². The lowest BCUT2D eigenvalue weighted by atomic mass is 9.83. The Morgan fingerprint density at radius 3 is 2.39 bits per heavy atom. The first-order chi connectivity index (χ1) is 10.7. The number of carbonyl (C=O) groups is 2. The van der Waals surface area contributed by atoms with Crippen molar-refractivity contribution in [1.29, 1.82) is 0 Å². The molecule has 5 nitrogen and oxygen atoms in total. The lowest BCUT2D eigenvalue weighted by Crippen LogP contribution is -2.44. The Hall–Kier alpha value is -2.04. The number of esters is 1. The molecule has 23 heavy (non-hydrogen) atoms. The summed E-state index contributed by atoms with van der Waals surface area (Å²) in [6, 6.07) is 3.69. The van der Waals surface area contributed by atoms with Crippen molar-refractivity contribution < 1.29 is 19.4 Å². The Kier molecular flexibility index (Phi) is 3.43. The van der Waals surface area contributed by atoms with E-state index in [1.807, 2.05) is 10.6 Å². The topological polar surface area (TPSA) is 68.5 Å². The normalized spacial score (nSPS) is 20.1. The van der Waals surface area contributed by atoms with Gasteiger partial charge in [-0.2, -0.15) is 0 Å². The lowest BCUT2D eigenvalue weighted by molar-refractivity contribution is -0.136. The number of nitrogens with zero attached hydrogens (tertiary/aromatic N) is 1. The third-order valence-corrected chi connectivity index (χ3v) is 5.03. The zero-order valence-electron chi connectivity index (χ0n) is 14.1. The highest BCUT2D eigenvalue weighted by Crippen LogP contribution is 2.49. The van der Waals surface area contributed by atoms with Gasteiger partial charge < -0.3 is 14.4 Å². The van der Waals surface area contributed by atoms with Crippen molar-refractivity contribution in [1.82, 2.24) is 4.57 Å². The van der Waals surface area contributed by atoms with Crippen LogP contribution < -0.4 is 0 Å². The van der Waals surface area contributed by atoms with Crippen LogP contribution in [0.15, 0.2) is 23.5 Å². The van der Waals surface area contributed by atoms with Gasteiger partial charge in [0.1, 0.15) is 16.9 Å². The van der Waals surface area contributed by atoms with Gasteiger partial charge >= 0.3 is 5.97 Å². The van der Waals surface area contributed by atoms with Crippen LogP contribution in [0.25, 0.3) is 0 Å². The zero-order chi connectivity index (χ0) is 17.0. The van der Waals surface area contributed by atoms with Crippen LogP contribution in [0.3, 0.4) is 0 Å². The number of ether oxygens (including phenoxy) is 1. The molecule has 1 aromatic rings. The second-order valence-electron chi connectivity index (χ2n) is 7.47. The summed E-state index contributed by atoms with van der Waals surface area (Å²) in [5, 5.41) is 10.9. The van der Waals surface area contributed by atoms with Crippen LogP contribution in [0.4, 0.5) is 0 Å². The number of ketones is 1. The van der Waals surface area contributed by atoms with E-state index in [9.17, 15) is 14.7 Å². The largest absolute Gasteiger partial charge is 0.509 e. The monoisotopic (exact) mass is 317 g/mol. The standard InChI is InChI=1S/C18H23NO4/c1-17(2,3)12-8-7-11-14(20)13(16(22)23-4)15(21)18(19(11)12)9-5-6-10-18/h7-8,21H,5-6,9-10H2,1-4H3. The van der Waals surface area contributed by atoms with Gasteiger partial charge in [-0.05, 0) is 25.0 Å². The number of aliphatic hydroxyl groups is 1. The smallest absolute Gasteiger partial charge is 0.345 e. The third-order valence-electron chi connectivity index (χ3n) is 5.03. The number of fused-ring (bicyclic) bond motifs is 2. The summed E-state index contributed by atoms with van der Waals surface area (Å²) in [5.74, 6) is -1.34. The maximum Gasteiger partial charge on any atom is 0.345 e. The number of methoxy groups -OCH3 is 1. The third kappa shape index (κ3) is 2.06. The second-order valence-corrected chi connectivity index (χ2v) is 7.47. The maximum atomic E-state index is 12.8. The fourth-order valence-electron chi connectivity index (χ4n) is 3.95. The van der Waals surface area contributed by atoms with Gasteiger partial charge in [0, 0.05) is 11.1 Å². The molecule has 0 aromatic carbocycles. The number of allylic oxidation sites excluding steroid dienone is 1. The molecule has 1 spiro atoms. The van der Waals surface area contributed by atoms with Crippen molar-refractivity contribution in [3.63, 3.8) is 0 Å². The van der Waals surface area contributed by atoms with Gasteiger partial charge in [0.25, 0.3) is 0 Å². The number of aromatic nitrogens is 1. The van der Waals surface area contributed by atoms with Crippen molar-refractivity contribution in [2.24, 2.45) is 0 Å². The van der Waals surface area contributed by atoms with Crippen molar-refractivity contribution in [2.75, 3.05) is 7.11 Å². The molecular formula is C18H23NO4. The van der Waals surface area contributed by atoms with Crippen molar-refractivity contribution >= 4 is 11.8 Å². The Morgan fingerprint density at radius 2 is 1.87 bits per heavy atom. The number of carbonyl (C=O) groups excluding carboxylic acids is 2. The van der Waals surface area contributed by atoms with Gasteiger partial charge in [-0.1, -0.05) is 33.6 Å². The quantitative estimate of drug-likeness (QED) is 0.638. The van der Waals surface area contributed by atoms with Crippen molar-refractivity contribution in [3.8, 4) is 0 Å². The minimum absolute atomic E-state index is 0.124. The van der Waals surface area contributed by atoms with E-state index in [4.69, 9.17) is 4.74 Å². The molecule has 1 aliphatic heterocycles. The van der Waals surface area contributed by atoms with E-state index < -0.39 is 17.3 Å². The average Bonchev–Trinajstić information content (AvgIpc) is 3.12. The molecule has 0 bridgehead atoms. The molecule has 0 radical (unpaired) electrons. The molecule has 124 valence electrons.